The molecule has 0 amide bonds. The number of hydrogen-bond donors (Lipinski definition) is 1. The topological polar surface area (TPSA) is 75.7 Å². The van der Waals surface area contributed by atoms with E-state index < -0.39 is 15.4 Å². The minimum absolute atomic E-state index is 0.167. The fraction of sp³-hybridized carbons (Fsp3) is 0.923. The smallest absolute Gasteiger partial charge is 0.325 e. The van der Waals surface area contributed by atoms with Gasteiger partial charge in [0.15, 0.2) is 9.84 Å². The monoisotopic (exact) mass is 306 g/mol. The van der Waals surface area contributed by atoms with Crippen molar-refractivity contribution in [3.63, 3.8) is 0 Å². The number of rotatable bonds is 6. The second-order valence-corrected chi connectivity index (χ2v) is 8.17. The van der Waals surface area contributed by atoms with Crippen LogP contribution in [-0.4, -0.2) is 69.1 Å². The standard InChI is InChI=1S/C13H26N2O4S/c1-11(2)14-13(3,12(16)19-4)5-6-15-7-9-20(17,18)10-8-15/h11,14H,5-10H2,1-4H3. The van der Waals surface area contributed by atoms with Crippen LogP contribution in [-0.2, 0) is 19.4 Å². The van der Waals surface area contributed by atoms with Crippen molar-refractivity contribution in [1.29, 1.82) is 0 Å². The van der Waals surface area contributed by atoms with Gasteiger partial charge in [-0.3, -0.25) is 10.1 Å². The summed E-state index contributed by atoms with van der Waals surface area (Å²) in [5.74, 6) is 0.134. The highest BCUT2D eigenvalue weighted by Crippen LogP contribution is 2.15. The Hall–Kier alpha value is -0.660. The summed E-state index contributed by atoms with van der Waals surface area (Å²) in [4.78, 5) is 14.0. The number of nitrogens with one attached hydrogen (secondary N) is 1. The van der Waals surface area contributed by atoms with Gasteiger partial charge in [-0.15, -0.1) is 0 Å². The Morgan fingerprint density at radius 3 is 2.35 bits per heavy atom. The van der Waals surface area contributed by atoms with Crippen LogP contribution in [0.5, 0.6) is 0 Å². The molecule has 0 aromatic carbocycles. The van der Waals surface area contributed by atoms with Crippen molar-refractivity contribution in [2.24, 2.45) is 0 Å². The molecule has 1 aliphatic rings. The summed E-state index contributed by atoms with van der Waals surface area (Å²) in [6, 6.07) is 0.167. The first-order chi connectivity index (χ1) is 9.18. The van der Waals surface area contributed by atoms with Crippen LogP contribution in [0.2, 0.25) is 0 Å². The highest BCUT2D eigenvalue weighted by molar-refractivity contribution is 7.91. The molecule has 1 N–H and O–H groups in total. The van der Waals surface area contributed by atoms with Gasteiger partial charge in [-0.2, -0.15) is 0 Å². The van der Waals surface area contributed by atoms with E-state index in [2.05, 4.69) is 10.2 Å². The van der Waals surface area contributed by atoms with Crippen molar-refractivity contribution in [3.05, 3.63) is 0 Å². The number of ether oxygens (including phenoxy) is 1. The Morgan fingerprint density at radius 2 is 1.90 bits per heavy atom. The third-order valence-corrected chi connectivity index (χ3v) is 5.22. The molecule has 1 fully saturated rings. The van der Waals surface area contributed by atoms with Gasteiger partial charge in [-0.25, -0.2) is 8.42 Å². The molecule has 1 atom stereocenters. The fourth-order valence-corrected chi connectivity index (χ4v) is 3.73. The molecule has 0 radical (unpaired) electrons. The third-order valence-electron chi connectivity index (χ3n) is 3.61. The molecule has 1 heterocycles. The van der Waals surface area contributed by atoms with Crippen LogP contribution >= 0.6 is 0 Å². The van der Waals surface area contributed by atoms with E-state index in [9.17, 15) is 13.2 Å². The molecule has 6 nitrogen and oxygen atoms in total. The zero-order valence-corrected chi connectivity index (χ0v) is 13.6. The Morgan fingerprint density at radius 1 is 1.35 bits per heavy atom. The van der Waals surface area contributed by atoms with E-state index >= 15 is 0 Å². The number of nitrogens with zero attached hydrogens (tertiary/aromatic N) is 1. The van der Waals surface area contributed by atoms with Crippen LogP contribution in [0, 0.1) is 0 Å². The summed E-state index contributed by atoms with van der Waals surface area (Å²) in [7, 11) is -1.47. The van der Waals surface area contributed by atoms with E-state index in [1.807, 2.05) is 20.8 Å². The van der Waals surface area contributed by atoms with Crippen molar-refractivity contribution in [1.82, 2.24) is 10.2 Å². The maximum Gasteiger partial charge on any atom is 0.325 e. The summed E-state index contributed by atoms with van der Waals surface area (Å²) in [6.45, 7) is 7.56. The van der Waals surface area contributed by atoms with Gasteiger partial charge in [0.1, 0.15) is 5.54 Å². The lowest BCUT2D eigenvalue weighted by Crippen LogP contribution is -2.55. The predicted octanol–water partition coefficient (Wildman–Crippen LogP) is 0.0366. The molecule has 0 aliphatic carbocycles. The van der Waals surface area contributed by atoms with E-state index in [-0.39, 0.29) is 23.5 Å². The molecule has 1 saturated heterocycles. The Labute approximate surface area is 121 Å². The van der Waals surface area contributed by atoms with Gasteiger partial charge in [-0.05, 0) is 27.2 Å². The maximum atomic E-state index is 11.9. The molecule has 0 saturated carbocycles. The van der Waals surface area contributed by atoms with E-state index in [1.165, 1.54) is 7.11 Å². The predicted molar refractivity (Wildman–Crippen MR) is 78.4 cm³/mol. The fourth-order valence-electron chi connectivity index (χ4n) is 2.45. The first-order valence-corrected chi connectivity index (χ1v) is 8.79. The largest absolute Gasteiger partial charge is 0.468 e. The van der Waals surface area contributed by atoms with Gasteiger partial charge in [-0.1, -0.05) is 0 Å². The molecule has 1 rings (SSSR count). The van der Waals surface area contributed by atoms with E-state index in [0.29, 0.717) is 26.1 Å². The van der Waals surface area contributed by atoms with Gasteiger partial charge < -0.3 is 9.64 Å². The Kier molecular flexibility index (Phi) is 5.97. The number of carbonyl (C=O) groups is 1. The summed E-state index contributed by atoms with van der Waals surface area (Å²) < 4.78 is 27.6. The van der Waals surface area contributed by atoms with Gasteiger partial charge in [0.2, 0.25) is 0 Å². The molecule has 118 valence electrons. The number of hydrogen-bond acceptors (Lipinski definition) is 6. The minimum atomic E-state index is -2.86. The van der Waals surface area contributed by atoms with Crippen LogP contribution in [0.15, 0.2) is 0 Å². The van der Waals surface area contributed by atoms with E-state index in [0.717, 1.165) is 0 Å². The molecular weight excluding hydrogens is 280 g/mol. The van der Waals surface area contributed by atoms with Crippen molar-refractivity contribution in [2.45, 2.75) is 38.8 Å². The molecule has 0 bridgehead atoms. The van der Waals surface area contributed by atoms with Crippen LogP contribution in [0.3, 0.4) is 0 Å². The average Bonchev–Trinajstić information content (AvgIpc) is 2.35. The molecule has 0 aromatic heterocycles. The molecule has 7 heteroatoms. The molecule has 20 heavy (non-hydrogen) atoms. The third kappa shape index (κ3) is 5.03. The molecular formula is C13H26N2O4S. The second kappa shape index (κ2) is 6.87. The van der Waals surface area contributed by atoms with Crippen LogP contribution in [0.25, 0.3) is 0 Å². The maximum absolute atomic E-state index is 11.9. The van der Waals surface area contributed by atoms with Gasteiger partial charge >= 0.3 is 5.97 Å². The number of carbonyl (C=O) groups excluding carboxylic acids is 1. The SMILES string of the molecule is COC(=O)C(C)(CCN1CCS(=O)(=O)CC1)NC(C)C. The first-order valence-electron chi connectivity index (χ1n) is 6.97. The van der Waals surface area contributed by atoms with Crippen LogP contribution in [0.1, 0.15) is 27.2 Å². The second-order valence-electron chi connectivity index (χ2n) is 5.87. The van der Waals surface area contributed by atoms with Crippen molar-refractivity contribution >= 4 is 15.8 Å². The zero-order valence-electron chi connectivity index (χ0n) is 12.8. The molecule has 1 unspecified atom stereocenters. The van der Waals surface area contributed by atoms with E-state index in [1.54, 1.807) is 0 Å². The van der Waals surface area contributed by atoms with Gasteiger partial charge in [0.25, 0.3) is 0 Å². The van der Waals surface area contributed by atoms with E-state index in [4.69, 9.17) is 4.74 Å². The van der Waals surface area contributed by atoms with Crippen LogP contribution in [0.4, 0.5) is 0 Å². The van der Waals surface area contributed by atoms with Crippen LogP contribution < -0.4 is 5.32 Å². The Balaban J connectivity index is 2.57. The summed E-state index contributed by atoms with van der Waals surface area (Å²) in [5.41, 5.74) is -0.737. The average molecular weight is 306 g/mol. The quantitative estimate of drug-likeness (QED) is 0.698. The summed E-state index contributed by atoms with van der Waals surface area (Å²) in [5, 5.41) is 3.24. The lowest BCUT2D eigenvalue weighted by molar-refractivity contribution is -0.148. The zero-order chi connectivity index (χ0) is 15.4. The van der Waals surface area contributed by atoms with Gasteiger partial charge in [0.05, 0.1) is 18.6 Å². The molecule has 1 aliphatic heterocycles. The molecule has 0 aromatic rings. The van der Waals surface area contributed by atoms with Gasteiger partial charge in [0, 0.05) is 25.7 Å². The van der Waals surface area contributed by atoms with Crippen molar-refractivity contribution < 1.29 is 17.9 Å². The number of esters is 1. The van der Waals surface area contributed by atoms with Crippen molar-refractivity contribution in [2.75, 3.05) is 38.2 Å². The normalized spacial score (nSPS) is 22.4. The highest BCUT2D eigenvalue weighted by atomic mass is 32.2. The Bertz CT molecular complexity index is 422. The summed E-state index contributed by atoms with van der Waals surface area (Å²) in [6.07, 6.45) is 0.595. The minimum Gasteiger partial charge on any atom is -0.468 e. The summed E-state index contributed by atoms with van der Waals surface area (Å²) >= 11 is 0. The van der Waals surface area contributed by atoms with Crippen molar-refractivity contribution in [3.8, 4) is 0 Å². The first kappa shape index (κ1) is 17.4. The number of methoxy groups -OCH3 is 1. The number of sulfone groups is 1. The lowest BCUT2D eigenvalue weighted by Gasteiger charge is -2.34. The molecule has 0 spiro atoms. The highest BCUT2D eigenvalue weighted by Gasteiger charge is 2.35. The lowest BCUT2D eigenvalue weighted by atomic mass is 9.96.